The van der Waals surface area contributed by atoms with Gasteiger partial charge < -0.3 is 15.4 Å². The van der Waals surface area contributed by atoms with Crippen LogP contribution >= 0.6 is 0 Å². The van der Waals surface area contributed by atoms with Crippen LogP contribution in [0.2, 0.25) is 0 Å². The zero-order valence-electron chi connectivity index (χ0n) is 15.0. The van der Waals surface area contributed by atoms with Crippen molar-refractivity contribution < 1.29 is 14.3 Å². The van der Waals surface area contributed by atoms with Gasteiger partial charge >= 0.3 is 6.03 Å². The molecule has 3 rings (SSSR count). The highest BCUT2D eigenvalue weighted by atomic mass is 16.5. The van der Waals surface area contributed by atoms with Crippen molar-refractivity contribution in [2.75, 3.05) is 29.9 Å². The molecule has 2 N–H and O–H groups in total. The Bertz CT molecular complexity index is 787. The molecule has 2 aromatic carbocycles. The van der Waals surface area contributed by atoms with Crippen molar-refractivity contribution >= 4 is 23.3 Å². The quantitative estimate of drug-likeness (QED) is 0.835. The predicted molar refractivity (Wildman–Crippen MR) is 102 cm³/mol. The van der Waals surface area contributed by atoms with Gasteiger partial charge in [0.05, 0.1) is 6.61 Å². The molecule has 0 unspecified atom stereocenters. The molecule has 3 amide bonds. The molecule has 0 bridgehead atoms. The predicted octanol–water partition coefficient (Wildman–Crippen LogP) is 3.50. The number of rotatable bonds is 6. The van der Waals surface area contributed by atoms with Gasteiger partial charge in [-0.2, -0.15) is 0 Å². The number of carbonyl (C=O) groups is 2. The molecular weight excluding hydrogens is 330 g/mol. The van der Waals surface area contributed by atoms with Crippen molar-refractivity contribution in [3.8, 4) is 5.75 Å². The van der Waals surface area contributed by atoms with Gasteiger partial charge in [-0.15, -0.1) is 0 Å². The lowest BCUT2D eigenvalue weighted by Gasteiger charge is -2.15. The van der Waals surface area contributed by atoms with E-state index in [4.69, 9.17) is 4.74 Å². The summed E-state index contributed by atoms with van der Waals surface area (Å²) in [5.41, 5.74) is 2.02. The van der Waals surface area contributed by atoms with Crippen LogP contribution < -0.4 is 20.3 Å². The van der Waals surface area contributed by atoms with Gasteiger partial charge in [-0.1, -0.05) is 19.9 Å². The van der Waals surface area contributed by atoms with Crippen molar-refractivity contribution in [3.05, 3.63) is 54.1 Å². The van der Waals surface area contributed by atoms with Crippen LogP contribution in [0.4, 0.5) is 16.2 Å². The minimum Gasteiger partial charge on any atom is -0.493 e. The summed E-state index contributed by atoms with van der Waals surface area (Å²) in [5.74, 6) is 0.900. The zero-order chi connectivity index (χ0) is 18.5. The van der Waals surface area contributed by atoms with Gasteiger partial charge in [0.15, 0.2) is 0 Å². The Kier molecular flexibility index (Phi) is 5.41. The first-order chi connectivity index (χ1) is 12.5. The highest BCUT2D eigenvalue weighted by Gasteiger charge is 2.20. The Morgan fingerprint density at radius 3 is 2.65 bits per heavy atom. The molecule has 1 aliphatic heterocycles. The maximum Gasteiger partial charge on any atom is 0.321 e. The Morgan fingerprint density at radius 2 is 2.00 bits per heavy atom. The van der Waals surface area contributed by atoms with E-state index in [-0.39, 0.29) is 11.9 Å². The summed E-state index contributed by atoms with van der Waals surface area (Å²) in [6.07, 6.45) is 0. The minimum atomic E-state index is -0.202. The topological polar surface area (TPSA) is 70.7 Å². The van der Waals surface area contributed by atoms with E-state index in [0.717, 1.165) is 5.69 Å². The van der Waals surface area contributed by atoms with E-state index in [1.807, 2.05) is 18.2 Å². The molecule has 0 atom stereocenters. The second kappa shape index (κ2) is 7.91. The van der Waals surface area contributed by atoms with Crippen LogP contribution in [0.1, 0.15) is 24.2 Å². The van der Waals surface area contributed by atoms with Crippen molar-refractivity contribution in [1.82, 2.24) is 5.32 Å². The Labute approximate surface area is 153 Å². The molecule has 1 heterocycles. The SMILES string of the molecule is CC(C)COc1cccc(C(=O)Nc2ccc(N3CCNC3=O)cc2)c1. The van der Waals surface area contributed by atoms with Gasteiger partial charge in [0.25, 0.3) is 5.91 Å². The highest BCUT2D eigenvalue weighted by molar-refractivity contribution is 6.04. The largest absolute Gasteiger partial charge is 0.493 e. The maximum absolute atomic E-state index is 12.5. The number of hydrogen-bond acceptors (Lipinski definition) is 3. The molecule has 6 nitrogen and oxygen atoms in total. The molecule has 1 saturated heterocycles. The molecule has 1 aliphatic rings. The van der Waals surface area contributed by atoms with Gasteiger partial charge in [0.2, 0.25) is 0 Å². The third kappa shape index (κ3) is 4.33. The third-order valence-electron chi connectivity index (χ3n) is 3.97. The standard InChI is InChI=1S/C20H23N3O3/c1-14(2)13-26-18-5-3-4-15(12-18)19(24)22-16-6-8-17(9-7-16)23-11-10-21-20(23)25/h3-9,12,14H,10-11,13H2,1-2H3,(H,21,25)(H,22,24). The number of amides is 3. The summed E-state index contributed by atoms with van der Waals surface area (Å²) < 4.78 is 5.67. The molecule has 2 aromatic rings. The lowest BCUT2D eigenvalue weighted by atomic mass is 10.2. The summed E-state index contributed by atoms with van der Waals surface area (Å²) in [4.78, 5) is 25.8. The average molecular weight is 353 g/mol. The average Bonchev–Trinajstić information content (AvgIpc) is 3.07. The molecule has 0 saturated carbocycles. The Hall–Kier alpha value is -3.02. The van der Waals surface area contributed by atoms with Crippen molar-refractivity contribution in [2.24, 2.45) is 5.92 Å². The number of ether oxygens (including phenoxy) is 1. The first-order valence-corrected chi connectivity index (χ1v) is 8.72. The number of nitrogens with one attached hydrogen (secondary N) is 2. The van der Waals surface area contributed by atoms with Gasteiger partial charge in [0.1, 0.15) is 5.75 Å². The molecule has 6 heteroatoms. The van der Waals surface area contributed by atoms with Crippen molar-refractivity contribution in [2.45, 2.75) is 13.8 Å². The van der Waals surface area contributed by atoms with E-state index < -0.39 is 0 Å². The van der Waals surface area contributed by atoms with Gasteiger partial charge in [0, 0.05) is 30.0 Å². The van der Waals surface area contributed by atoms with Gasteiger partial charge in [-0.3, -0.25) is 9.69 Å². The summed E-state index contributed by atoms with van der Waals surface area (Å²) in [6.45, 7) is 6.05. The Balaban J connectivity index is 1.64. The van der Waals surface area contributed by atoms with Crippen LogP contribution in [0.3, 0.4) is 0 Å². The fraction of sp³-hybridized carbons (Fsp3) is 0.300. The maximum atomic E-state index is 12.5. The summed E-state index contributed by atoms with van der Waals surface area (Å²) in [7, 11) is 0. The highest BCUT2D eigenvalue weighted by Crippen LogP contribution is 2.21. The summed E-state index contributed by atoms with van der Waals surface area (Å²) >= 11 is 0. The number of benzene rings is 2. The molecule has 0 radical (unpaired) electrons. The van der Waals surface area contributed by atoms with Crippen molar-refractivity contribution in [1.29, 1.82) is 0 Å². The molecule has 0 aromatic heterocycles. The van der Waals surface area contributed by atoms with E-state index in [2.05, 4.69) is 24.5 Å². The molecule has 136 valence electrons. The van der Waals surface area contributed by atoms with Crippen LogP contribution in [-0.4, -0.2) is 31.6 Å². The van der Waals surface area contributed by atoms with E-state index >= 15 is 0 Å². The number of anilines is 2. The molecule has 0 spiro atoms. The lowest BCUT2D eigenvalue weighted by Crippen LogP contribution is -2.27. The fourth-order valence-corrected chi connectivity index (χ4v) is 2.64. The monoisotopic (exact) mass is 353 g/mol. The second-order valence-corrected chi connectivity index (χ2v) is 6.62. The molecular formula is C20H23N3O3. The molecule has 0 aliphatic carbocycles. The zero-order valence-corrected chi connectivity index (χ0v) is 15.0. The van der Waals surface area contributed by atoms with Crippen LogP contribution in [0, 0.1) is 5.92 Å². The second-order valence-electron chi connectivity index (χ2n) is 6.62. The smallest absolute Gasteiger partial charge is 0.321 e. The molecule has 1 fully saturated rings. The van der Waals surface area contributed by atoms with Crippen molar-refractivity contribution in [3.63, 3.8) is 0 Å². The lowest BCUT2D eigenvalue weighted by molar-refractivity contribution is 0.102. The van der Waals surface area contributed by atoms with E-state index in [9.17, 15) is 9.59 Å². The van der Waals surface area contributed by atoms with Crippen LogP contribution in [0.25, 0.3) is 0 Å². The third-order valence-corrected chi connectivity index (χ3v) is 3.97. The number of nitrogens with zero attached hydrogens (tertiary/aromatic N) is 1. The fourth-order valence-electron chi connectivity index (χ4n) is 2.64. The minimum absolute atomic E-state index is 0.0972. The summed E-state index contributed by atoms with van der Waals surface area (Å²) in [5, 5.41) is 5.63. The first-order valence-electron chi connectivity index (χ1n) is 8.72. The normalized spacial score (nSPS) is 13.7. The van der Waals surface area contributed by atoms with Crippen LogP contribution in [0.5, 0.6) is 5.75 Å². The molecule has 26 heavy (non-hydrogen) atoms. The first kappa shape index (κ1) is 17.8. The van der Waals surface area contributed by atoms with Gasteiger partial charge in [-0.25, -0.2) is 4.79 Å². The van der Waals surface area contributed by atoms with Crippen LogP contribution in [0.15, 0.2) is 48.5 Å². The van der Waals surface area contributed by atoms with E-state index in [0.29, 0.717) is 42.6 Å². The van der Waals surface area contributed by atoms with E-state index in [1.165, 1.54) is 0 Å². The number of urea groups is 1. The van der Waals surface area contributed by atoms with Crippen LogP contribution in [-0.2, 0) is 0 Å². The number of carbonyl (C=O) groups excluding carboxylic acids is 2. The van der Waals surface area contributed by atoms with E-state index in [1.54, 1.807) is 35.2 Å². The number of hydrogen-bond donors (Lipinski definition) is 2. The Morgan fingerprint density at radius 1 is 1.23 bits per heavy atom. The van der Waals surface area contributed by atoms with Gasteiger partial charge in [-0.05, 0) is 48.4 Å². The summed E-state index contributed by atoms with van der Waals surface area (Å²) in [6, 6.07) is 14.3.